The third-order valence-corrected chi connectivity index (χ3v) is 8.17. The van der Waals surface area contributed by atoms with Crippen LogP contribution in [0.25, 0.3) is 10.2 Å². The van der Waals surface area contributed by atoms with Crippen LogP contribution in [0.4, 0.5) is 5.69 Å². The number of nitrogens with zero attached hydrogens (tertiary/aromatic N) is 2. The first kappa shape index (κ1) is 28.6. The maximum Gasteiger partial charge on any atom is 0.326 e. The topological polar surface area (TPSA) is 135 Å². The van der Waals surface area contributed by atoms with E-state index in [1.165, 1.54) is 69.1 Å². The molecule has 0 aliphatic rings. The van der Waals surface area contributed by atoms with E-state index in [0.717, 1.165) is 4.70 Å². The Morgan fingerprint density at radius 3 is 2.17 bits per heavy atom. The Labute approximate surface area is 234 Å². The summed E-state index contributed by atoms with van der Waals surface area (Å²) < 4.78 is 51.2. The molecule has 1 N–H and O–H groups in total. The number of hydrogen-bond donors (Lipinski definition) is 1. The van der Waals surface area contributed by atoms with Crippen molar-refractivity contribution in [1.82, 2.24) is 4.57 Å². The van der Waals surface area contributed by atoms with Gasteiger partial charge in [-0.15, -0.1) is 0 Å². The van der Waals surface area contributed by atoms with Gasteiger partial charge in [-0.05, 0) is 55.5 Å². The Morgan fingerprint density at radius 1 is 0.925 bits per heavy atom. The van der Waals surface area contributed by atoms with Gasteiger partial charge >= 0.3 is 5.97 Å². The molecule has 0 atom stereocenters. The summed E-state index contributed by atoms with van der Waals surface area (Å²) in [5.74, 6) is 0.416. The van der Waals surface area contributed by atoms with Gasteiger partial charge in [-0.2, -0.15) is 4.99 Å². The molecule has 0 saturated heterocycles. The first-order valence-electron chi connectivity index (χ1n) is 12.0. The number of esters is 1. The van der Waals surface area contributed by atoms with Crippen LogP contribution in [0.2, 0.25) is 0 Å². The lowest BCUT2D eigenvalue weighted by molar-refractivity contribution is -0.143. The molecule has 0 bridgehead atoms. The number of fused-ring (bicyclic) bond motifs is 1. The number of carbonyl (C=O) groups excluding carboxylic acids is 2. The van der Waals surface area contributed by atoms with Crippen molar-refractivity contribution in [3.8, 4) is 17.2 Å². The number of ether oxygens (including phenoxy) is 4. The summed E-state index contributed by atoms with van der Waals surface area (Å²) in [4.78, 5) is 30.0. The number of hydrogen-bond acceptors (Lipinski definition) is 9. The van der Waals surface area contributed by atoms with Crippen molar-refractivity contribution < 1.29 is 37.0 Å². The third kappa shape index (κ3) is 6.26. The van der Waals surface area contributed by atoms with Gasteiger partial charge in [-0.25, -0.2) is 8.42 Å². The molecular weight excluding hydrogens is 558 g/mol. The maximum absolute atomic E-state index is 13.1. The molecule has 11 nitrogen and oxygen atoms in total. The number of anilines is 1. The van der Waals surface area contributed by atoms with E-state index in [0.29, 0.717) is 22.8 Å². The molecule has 4 aromatic rings. The molecule has 13 heteroatoms. The van der Waals surface area contributed by atoms with Gasteiger partial charge in [-0.1, -0.05) is 11.3 Å². The number of nitrogens with one attached hydrogen (secondary N) is 1. The zero-order valence-corrected chi connectivity index (χ0v) is 23.8. The van der Waals surface area contributed by atoms with Crippen LogP contribution in [-0.2, 0) is 26.1 Å². The first-order chi connectivity index (χ1) is 19.2. The SMILES string of the molecule is CCOC(=O)Cn1c(=NC(=O)c2ccc(NS(=O)(=O)c3ccc(OC)cc3)cc2)sc2cc(OC)c(OC)cc21. The highest BCUT2D eigenvalue weighted by Gasteiger charge is 2.17. The van der Waals surface area contributed by atoms with Crippen LogP contribution in [0.15, 0.2) is 70.6 Å². The monoisotopic (exact) mass is 585 g/mol. The highest BCUT2D eigenvalue weighted by Crippen LogP contribution is 2.33. The second kappa shape index (κ2) is 12.2. The molecule has 210 valence electrons. The van der Waals surface area contributed by atoms with E-state index in [1.54, 1.807) is 35.8 Å². The van der Waals surface area contributed by atoms with Crippen LogP contribution in [-0.4, -0.2) is 52.8 Å². The minimum Gasteiger partial charge on any atom is -0.497 e. The Bertz CT molecular complexity index is 1710. The number of aromatic nitrogens is 1. The predicted octanol–water partition coefficient (Wildman–Crippen LogP) is 3.83. The fourth-order valence-corrected chi connectivity index (χ4v) is 5.87. The summed E-state index contributed by atoms with van der Waals surface area (Å²) in [5.41, 5.74) is 1.11. The molecule has 0 radical (unpaired) electrons. The van der Waals surface area contributed by atoms with Crippen LogP contribution in [0.1, 0.15) is 17.3 Å². The van der Waals surface area contributed by atoms with Gasteiger partial charge in [0.2, 0.25) is 0 Å². The number of sulfonamides is 1. The van der Waals surface area contributed by atoms with Crippen molar-refractivity contribution in [2.45, 2.75) is 18.4 Å². The zero-order valence-electron chi connectivity index (χ0n) is 22.2. The number of thiazole rings is 1. The van der Waals surface area contributed by atoms with Crippen molar-refractivity contribution in [3.05, 3.63) is 71.0 Å². The van der Waals surface area contributed by atoms with Gasteiger partial charge in [-0.3, -0.25) is 14.3 Å². The van der Waals surface area contributed by atoms with Gasteiger partial charge < -0.3 is 23.5 Å². The molecule has 0 aliphatic carbocycles. The number of carbonyl (C=O) groups is 2. The molecule has 4 rings (SSSR count). The van der Waals surface area contributed by atoms with E-state index in [-0.39, 0.29) is 34.1 Å². The van der Waals surface area contributed by atoms with Crippen LogP contribution in [0.3, 0.4) is 0 Å². The Morgan fingerprint density at radius 2 is 1.57 bits per heavy atom. The minimum absolute atomic E-state index is 0.0626. The molecular formula is C27H27N3O8S2. The highest BCUT2D eigenvalue weighted by atomic mass is 32.2. The molecule has 40 heavy (non-hydrogen) atoms. The predicted molar refractivity (Wildman–Crippen MR) is 150 cm³/mol. The lowest BCUT2D eigenvalue weighted by Gasteiger charge is -2.09. The number of rotatable bonds is 10. The van der Waals surface area contributed by atoms with Gasteiger partial charge in [0.15, 0.2) is 16.3 Å². The highest BCUT2D eigenvalue weighted by molar-refractivity contribution is 7.92. The summed E-state index contributed by atoms with van der Waals surface area (Å²) in [6.07, 6.45) is 0. The second-order valence-electron chi connectivity index (χ2n) is 8.23. The molecule has 0 unspecified atom stereocenters. The third-order valence-electron chi connectivity index (χ3n) is 5.73. The van der Waals surface area contributed by atoms with E-state index in [2.05, 4.69) is 9.71 Å². The normalized spacial score (nSPS) is 11.8. The molecule has 1 heterocycles. The van der Waals surface area contributed by atoms with E-state index >= 15 is 0 Å². The summed E-state index contributed by atoms with van der Waals surface area (Å²) in [7, 11) is 0.658. The van der Waals surface area contributed by atoms with Crippen LogP contribution >= 0.6 is 11.3 Å². The zero-order chi connectivity index (χ0) is 28.9. The van der Waals surface area contributed by atoms with Crippen LogP contribution < -0.4 is 23.7 Å². The van der Waals surface area contributed by atoms with Gasteiger partial charge in [0.25, 0.3) is 15.9 Å². The molecule has 0 aliphatic heterocycles. The number of methoxy groups -OCH3 is 3. The average Bonchev–Trinajstić information content (AvgIpc) is 3.27. The van der Waals surface area contributed by atoms with Gasteiger partial charge in [0, 0.05) is 23.4 Å². The van der Waals surface area contributed by atoms with Crippen molar-refractivity contribution in [2.75, 3.05) is 32.7 Å². The summed E-state index contributed by atoms with van der Waals surface area (Å²) in [6.45, 7) is 1.75. The fourth-order valence-electron chi connectivity index (χ4n) is 3.77. The lowest BCUT2D eigenvalue weighted by Crippen LogP contribution is -2.23. The quantitative estimate of drug-likeness (QED) is 0.278. The van der Waals surface area contributed by atoms with Crippen molar-refractivity contribution in [1.29, 1.82) is 0 Å². The Kier molecular flexibility index (Phi) is 8.75. The Hall–Kier alpha value is -4.36. The maximum atomic E-state index is 13.1. The summed E-state index contributed by atoms with van der Waals surface area (Å²) in [5, 5.41) is 0. The molecule has 0 spiro atoms. The van der Waals surface area contributed by atoms with E-state index in [4.69, 9.17) is 18.9 Å². The molecule has 0 fully saturated rings. The van der Waals surface area contributed by atoms with E-state index in [1.807, 2.05) is 0 Å². The second-order valence-corrected chi connectivity index (χ2v) is 10.9. The average molecular weight is 586 g/mol. The van der Waals surface area contributed by atoms with Gasteiger partial charge in [0.1, 0.15) is 12.3 Å². The smallest absolute Gasteiger partial charge is 0.326 e. The van der Waals surface area contributed by atoms with Gasteiger partial charge in [0.05, 0.1) is 43.0 Å². The lowest BCUT2D eigenvalue weighted by atomic mass is 10.2. The van der Waals surface area contributed by atoms with E-state index < -0.39 is 21.9 Å². The molecule has 0 saturated carbocycles. The summed E-state index contributed by atoms with van der Waals surface area (Å²) in [6, 6.07) is 15.3. The van der Waals surface area contributed by atoms with Crippen molar-refractivity contribution in [3.63, 3.8) is 0 Å². The standard InChI is InChI=1S/C27H27N3O8S2/c1-5-38-25(31)16-30-21-14-22(36-3)23(37-4)15-24(21)39-27(30)28-26(32)17-6-8-18(9-7-17)29-40(33,34)20-12-10-19(35-2)11-13-20/h6-15,29H,5,16H2,1-4H3. The Balaban J connectivity index is 1.64. The molecule has 3 aromatic carbocycles. The minimum atomic E-state index is -3.85. The first-order valence-corrected chi connectivity index (χ1v) is 14.3. The van der Waals surface area contributed by atoms with E-state index in [9.17, 15) is 18.0 Å². The fraction of sp³-hybridized carbons (Fsp3) is 0.222. The van der Waals surface area contributed by atoms with Crippen molar-refractivity contribution >= 4 is 49.1 Å². The number of benzene rings is 3. The number of amides is 1. The largest absolute Gasteiger partial charge is 0.497 e. The van der Waals surface area contributed by atoms with Crippen molar-refractivity contribution in [2.24, 2.45) is 4.99 Å². The van der Waals surface area contributed by atoms with Crippen LogP contribution in [0, 0.1) is 0 Å². The molecule has 1 amide bonds. The van der Waals surface area contributed by atoms with Crippen LogP contribution in [0.5, 0.6) is 17.2 Å². The summed E-state index contributed by atoms with van der Waals surface area (Å²) >= 11 is 1.20. The molecule has 1 aromatic heterocycles.